The summed E-state index contributed by atoms with van der Waals surface area (Å²) < 4.78 is 9.56. The van der Waals surface area contributed by atoms with Crippen LogP contribution in [0.3, 0.4) is 0 Å². The number of ether oxygens (including phenoxy) is 2. The van der Waals surface area contributed by atoms with Crippen molar-refractivity contribution in [3.63, 3.8) is 0 Å². The van der Waals surface area contributed by atoms with Crippen molar-refractivity contribution in [2.24, 2.45) is 0 Å². The van der Waals surface area contributed by atoms with Gasteiger partial charge in [-0.3, -0.25) is 4.79 Å². The van der Waals surface area contributed by atoms with Crippen LogP contribution >= 0.6 is 11.6 Å². The Hall–Kier alpha value is -2.53. The third-order valence-electron chi connectivity index (χ3n) is 4.53. The van der Waals surface area contributed by atoms with Gasteiger partial charge in [0.1, 0.15) is 0 Å². The summed E-state index contributed by atoms with van der Waals surface area (Å²) in [7, 11) is 1.27. The number of rotatable bonds is 11. The molecule has 0 heterocycles. The van der Waals surface area contributed by atoms with Crippen molar-refractivity contribution in [3.8, 4) is 0 Å². The van der Waals surface area contributed by atoms with E-state index in [1.165, 1.54) is 19.6 Å². The zero-order valence-electron chi connectivity index (χ0n) is 16.9. The molecule has 0 saturated carbocycles. The maximum Gasteiger partial charge on any atom is 0.346 e. The number of hydrogen-bond donors (Lipinski definition) is 1. The lowest BCUT2D eigenvalue weighted by Crippen LogP contribution is -2.25. The first-order valence-electron chi connectivity index (χ1n) is 9.82. The zero-order chi connectivity index (χ0) is 21.1. The molecule has 0 saturated heterocycles. The number of methoxy groups -OCH3 is 1. The molecule has 29 heavy (non-hydrogen) atoms. The predicted octanol–water partition coefficient (Wildman–Crippen LogP) is 4.81. The number of esters is 2. The van der Waals surface area contributed by atoms with Gasteiger partial charge in [0.25, 0.3) is 0 Å². The van der Waals surface area contributed by atoms with E-state index in [0.717, 1.165) is 42.1 Å². The molecule has 0 spiro atoms. The van der Waals surface area contributed by atoms with Gasteiger partial charge in [-0.2, -0.15) is 0 Å². The Morgan fingerprint density at radius 3 is 2.17 bits per heavy atom. The third-order valence-corrected chi connectivity index (χ3v) is 4.78. The fraction of sp³-hybridized carbons (Fsp3) is 0.391. The first-order valence-corrected chi connectivity index (χ1v) is 10.2. The molecule has 156 valence electrons. The molecule has 2 rings (SSSR count). The number of aryl methyl sites for hydroxylation is 2. The second-order valence-electron chi connectivity index (χ2n) is 6.86. The molecular formula is C23H28ClNO4. The highest BCUT2D eigenvalue weighted by Crippen LogP contribution is 2.14. The van der Waals surface area contributed by atoms with Crippen LogP contribution in [0.2, 0.25) is 5.02 Å². The van der Waals surface area contributed by atoms with Crippen LogP contribution in [0.4, 0.5) is 5.69 Å². The largest absolute Gasteiger partial charge is 0.466 e. The Bertz CT molecular complexity index is 774. The van der Waals surface area contributed by atoms with Crippen LogP contribution in [0.25, 0.3) is 0 Å². The molecule has 0 fully saturated rings. The molecule has 0 radical (unpaired) electrons. The molecule has 1 unspecified atom stereocenters. The van der Waals surface area contributed by atoms with Crippen molar-refractivity contribution in [3.05, 3.63) is 64.7 Å². The van der Waals surface area contributed by atoms with E-state index in [-0.39, 0.29) is 12.4 Å². The van der Waals surface area contributed by atoms with Crippen LogP contribution in [-0.4, -0.2) is 31.7 Å². The summed E-state index contributed by atoms with van der Waals surface area (Å²) in [6.07, 6.45) is 2.89. The maximum absolute atomic E-state index is 11.7. The van der Waals surface area contributed by atoms with E-state index in [4.69, 9.17) is 16.3 Å². The van der Waals surface area contributed by atoms with Crippen LogP contribution in [0.1, 0.15) is 37.3 Å². The van der Waals surface area contributed by atoms with Gasteiger partial charge in [-0.05, 0) is 68.0 Å². The van der Waals surface area contributed by atoms with Crippen LogP contribution in [-0.2, 0) is 31.9 Å². The Morgan fingerprint density at radius 2 is 1.55 bits per heavy atom. The highest BCUT2D eigenvalue weighted by atomic mass is 35.5. The van der Waals surface area contributed by atoms with E-state index in [0.29, 0.717) is 6.42 Å². The number of hydrogen-bond acceptors (Lipinski definition) is 5. The lowest BCUT2D eigenvalue weighted by molar-refractivity contribution is -0.164. The molecule has 2 aromatic rings. The smallest absolute Gasteiger partial charge is 0.346 e. The minimum Gasteiger partial charge on any atom is -0.466 e. The number of nitrogens with one attached hydrogen (secondary N) is 1. The Morgan fingerprint density at radius 1 is 0.966 bits per heavy atom. The van der Waals surface area contributed by atoms with Gasteiger partial charge in [-0.15, -0.1) is 0 Å². The second kappa shape index (κ2) is 12.1. The van der Waals surface area contributed by atoms with E-state index >= 15 is 0 Å². The van der Waals surface area contributed by atoms with E-state index in [9.17, 15) is 9.59 Å². The summed E-state index contributed by atoms with van der Waals surface area (Å²) in [6, 6.07) is 16.2. The van der Waals surface area contributed by atoms with Crippen molar-refractivity contribution in [1.29, 1.82) is 0 Å². The monoisotopic (exact) mass is 417 g/mol. The van der Waals surface area contributed by atoms with Crippen LogP contribution in [0.15, 0.2) is 48.5 Å². The number of carbonyl (C=O) groups is 2. The van der Waals surface area contributed by atoms with Gasteiger partial charge in [0.2, 0.25) is 0 Å². The van der Waals surface area contributed by atoms with Gasteiger partial charge in [-0.25, -0.2) is 4.79 Å². The highest BCUT2D eigenvalue weighted by Gasteiger charge is 2.17. The molecule has 0 aliphatic heterocycles. The van der Waals surface area contributed by atoms with Gasteiger partial charge < -0.3 is 14.8 Å². The SMILES string of the molecule is COC(=O)C(C)OC(=O)CCCc1ccc(NCCCc2ccc(Cl)cc2)cc1. The molecule has 0 amide bonds. The van der Waals surface area contributed by atoms with Crippen molar-refractivity contribution < 1.29 is 19.1 Å². The van der Waals surface area contributed by atoms with Gasteiger partial charge in [0.15, 0.2) is 6.10 Å². The number of benzene rings is 2. The van der Waals surface area contributed by atoms with Crippen LogP contribution in [0, 0.1) is 0 Å². The van der Waals surface area contributed by atoms with E-state index in [2.05, 4.69) is 46.5 Å². The summed E-state index contributed by atoms with van der Waals surface area (Å²) in [5, 5.41) is 4.19. The van der Waals surface area contributed by atoms with Gasteiger partial charge in [0, 0.05) is 23.7 Å². The molecule has 1 N–H and O–H groups in total. The van der Waals surface area contributed by atoms with Gasteiger partial charge in [0.05, 0.1) is 7.11 Å². The summed E-state index contributed by atoms with van der Waals surface area (Å²) in [4.78, 5) is 23.0. The minimum atomic E-state index is -0.863. The summed E-state index contributed by atoms with van der Waals surface area (Å²) in [5.74, 6) is -0.934. The van der Waals surface area contributed by atoms with Crippen molar-refractivity contribution in [2.75, 3.05) is 19.0 Å². The van der Waals surface area contributed by atoms with Gasteiger partial charge >= 0.3 is 11.9 Å². The molecular weight excluding hydrogens is 390 g/mol. The molecule has 2 aromatic carbocycles. The first-order chi connectivity index (χ1) is 14.0. The molecule has 1 atom stereocenters. The summed E-state index contributed by atoms with van der Waals surface area (Å²) >= 11 is 5.90. The Labute approximate surface area is 177 Å². The fourth-order valence-electron chi connectivity index (χ4n) is 2.87. The van der Waals surface area contributed by atoms with Crippen molar-refractivity contribution >= 4 is 29.2 Å². The fourth-order valence-corrected chi connectivity index (χ4v) is 3.00. The maximum atomic E-state index is 11.7. The third kappa shape index (κ3) is 8.57. The lowest BCUT2D eigenvalue weighted by atomic mass is 10.1. The predicted molar refractivity (Wildman–Crippen MR) is 115 cm³/mol. The molecule has 0 bridgehead atoms. The summed E-state index contributed by atoms with van der Waals surface area (Å²) in [6.45, 7) is 2.40. The molecule has 6 heteroatoms. The van der Waals surface area contributed by atoms with Crippen molar-refractivity contribution in [2.45, 2.75) is 45.1 Å². The lowest BCUT2D eigenvalue weighted by Gasteiger charge is -2.11. The summed E-state index contributed by atoms with van der Waals surface area (Å²) in [5.41, 5.74) is 3.52. The topological polar surface area (TPSA) is 64.6 Å². The van der Waals surface area contributed by atoms with Crippen LogP contribution in [0.5, 0.6) is 0 Å². The normalized spacial score (nSPS) is 11.6. The number of anilines is 1. The molecule has 0 aliphatic rings. The van der Waals surface area contributed by atoms with Gasteiger partial charge in [-0.1, -0.05) is 35.9 Å². The Balaban J connectivity index is 1.63. The number of halogens is 1. The number of carbonyl (C=O) groups excluding carboxylic acids is 2. The van der Waals surface area contributed by atoms with Crippen molar-refractivity contribution in [1.82, 2.24) is 0 Å². The Kier molecular flexibility index (Phi) is 9.51. The standard InChI is InChI=1S/C23H28ClNO4/c1-17(23(27)28-2)29-22(26)7-3-5-18-10-14-21(15-11-18)25-16-4-6-19-8-12-20(24)13-9-19/h8-15,17,25H,3-7,16H2,1-2H3. The van der Waals surface area contributed by atoms with Crippen LogP contribution < -0.4 is 5.32 Å². The molecule has 0 aliphatic carbocycles. The van der Waals surface area contributed by atoms with E-state index in [1.807, 2.05) is 12.1 Å². The first kappa shape index (κ1) is 22.8. The molecule has 5 nitrogen and oxygen atoms in total. The quantitative estimate of drug-likeness (QED) is 0.419. The van der Waals surface area contributed by atoms with E-state index < -0.39 is 12.1 Å². The average Bonchev–Trinajstić information content (AvgIpc) is 2.72. The van der Waals surface area contributed by atoms with E-state index in [1.54, 1.807) is 0 Å². The molecule has 0 aromatic heterocycles. The highest BCUT2D eigenvalue weighted by molar-refractivity contribution is 6.30. The zero-order valence-corrected chi connectivity index (χ0v) is 17.7. The average molecular weight is 418 g/mol. The minimum absolute atomic E-state index is 0.270. The second-order valence-corrected chi connectivity index (χ2v) is 7.30.